The molecule has 0 aliphatic carbocycles. The Morgan fingerprint density at radius 1 is 1.28 bits per heavy atom. The highest BCUT2D eigenvalue weighted by molar-refractivity contribution is 5.30. The molecule has 1 rings (SSSR count). The molecular formula is C13H25N3O2. The third-order valence-electron chi connectivity index (χ3n) is 2.69. The number of hydrogen-bond donors (Lipinski definition) is 1. The van der Waals surface area contributed by atoms with Crippen molar-refractivity contribution in [2.45, 2.75) is 33.7 Å². The summed E-state index contributed by atoms with van der Waals surface area (Å²) in [5, 5.41) is 7.78. The molecule has 0 fully saturated rings. The Morgan fingerprint density at radius 2 is 2.06 bits per heavy atom. The molecule has 18 heavy (non-hydrogen) atoms. The second kappa shape index (κ2) is 8.11. The monoisotopic (exact) mass is 255 g/mol. The molecule has 1 heterocycles. The zero-order valence-electron chi connectivity index (χ0n) is 12.0. The average molecular weight is 255 g/mol. The molecular weight excluding hydrogens is 230 g/mol. The van der Waals surface area contributed by atoms with Gasteiger partial charge < -0.3 is 14.8 Å². The summed E-state index contributed by atoms with van der Waals surface area (Å²) in [7, 11) is 1.91. The molecule has 5 heteroatoms. The lowest BCUT2D eigenvalue weighted by Gasteiger charge is -2.09. The van der Waals surface area contributed by atoms with Crippen molar-refractivity contribution >= 4 is 0 Å². The molecule has 5 nitrogen and oxygen atoms in total. The van der Waals surface area contributed by atoms with Gasteiger partial charge in [0.2, 0.25) is 5.88 Å². The number of nitrogens with one attached hydrogen (secondary N) is 1. The standard InChI is InChI=1S/C13H25N3O2/c1-5-7-14-10-12-11(3)15-16(4)13(12)18-9-8-17-6-2/h14H,5-10H2,1-4H3. The van der Waals surface area contributed by atoms with E-state index in [9.17, 15) is 0 Å². The van der Waals surface area contributed by atoms with E-state index >= 15 is 0 Å². The van der Waals surface area contributed by atoms with Crippen molar-refractivity contribution < 1.29 is 9.47 Å². The molecule has 0 saturated carbocycles. The average Bonchev–Trinajstić information content (AvgIpc) is 2.61. The zero-order chi connectivity index (χ0) is 13.4. The van der Waals surface area contributed by atoms with Crippen LogP contribution in [0.1, 0.15) is 31.5 Å². The van der Waals surface area contributed by atoms with Crippen LogP contribution in [0.15, 0.2) is 0 Å². The Labute approximate surface area is 109 Å². The zero-order valence-corrected chi connectivity index (χ0v) is 12.0. The number of hydrogen-bond acceptors (Lipinski definition) is 4. The van der Waals surface area contributed by atoms with Crippen LogP contribution in [0.3, 0.4) is 0 Å². The molecule has 1 aromatic rings. The number of ether oxygens (including phenoxy) is 2. The summed E-state index contributed by atoms with van der Waals surface area (Å²) in [5.41, 5.74) is 2.16. The highest BCUT2D eigenvalue weighted by Gasteiger charge is 2.13. The van der Waals surface area contributed by atoms with Gasteiger partial charge >= 0.3 is 0 Å². The third-order valence-corrected chi connectivity index (χ3v) is 2.69. The lowest BCUT2D eigenvalue weighted by Crippen LogP contribution is -2.16. The Hall–Kier alpha value is -1.07. The Kier molecular flexibility index (Phi) is 6.75. The molecule has 0 bridgehead atoms. The third kappa shape index (κ3) is 4.31. The minimum Gasteiger partial charge on any atom is -0.475 e. The van der Waals surface area contributed by atoms with Gasteiger partial charge in [-0.15, -0.1) is 0 Å². The summed E-state index contributed by atoms with van der Waals surface area (Å²) in [5.74, 6) is 0.843. The maximum Gasteiger partial charge on any atom is 0.216 e. The Morgan fingerprint density at radius 3 is 2.72 bits per heavy atom. The van der Waals surface area contributed by atoms with E-state index in [1.807, 2.05) is 20.9 Å². The van der Waals surface area contributed by atoms with Crippen molar-refractivity contribution in [3.05, 3.63) is 11.3 Å². The Balaban J connectivity index is 2.57. The molecule has 0 unspecified atom stereocenters. The summed E-state index contributed by atoms with van der Waals surface area (Å²) < 4.78 is 12.8. The minimum atomic E-state index is 0.563. The molecule has 104 valence electrons. The van der Waals surface area contributed by atoms with Gasteiger partial charge in [-0.05, 0) is 26.8 Å². The molecule has 0 aliphatic rings. The lowest BCUT2D eigenvalue weighted by atomic mass is 10.2. The van der Waals surface area contributed by atoms with Gasteiger partial charge in [-0.3, -0.25) is 0 Å². The van der Waals surface area contributed by atoms with E-state index in [4.69, 9.17) is 9.47 Å². The van der Waals surface area contributed by atoms with E-state index in [1.165, 1.54) is 0 Å². The first-order valence-corrected chi connectivity index (χ1v) is 6.64. The van der Waals surface area contributed by atoms with E-state index in [2.05, 4.69) is 17.3 Å². The Bertz CT molecular complexity index is 350. The second-order valence-electron chi connectivity index (χ2n) is 4.21. The van der Waals surface area contributed by atoms with Gasteiger partial charge in [0.25, 0.3) is 0 Å². The molecule has 0 saturated heterocycles. The molecule has 0 atom stereocenters. The van der Waals surface area contributed by atoms with Gasteiger partial charge in [-0.25, -0.2) is 4.68 Å². The van der Waals surface area contributed by atoms with E-state index < -0.39 is 0 Å². The van der Waals surface area contributed by atoms with Gasteiger partial charge in [-0.2, -0.15) is 5.10 Å². The SMILES string of the molecule is CCCNCc1c(C)nn(C)c1OCCOCC. The van der Waals surface area contributed by atoms with Crippen molar-refractivity contribution in [1.29, 1.82) is 0 Å². The predicted molar refractivity (Wildman–Crippen MR) is 71.9 cm³/mol. The van der Waals surface area contributed by atoms with Crippen molar-refractivity contribution in [3.63, 3.8) is 0 Å². The van der Waals surface area contributed by atoms with Gasteiger partial charge in [0.15, 0.2) is 0 Å². The van der Waals surface area contributed by atoms with Crippen molar-refractivity contribution in [1.82, 2.24) is 15.1 Å². The maximum absolute atomic E-state index is 5.76. The van der Waals surface area contributed by atoms with E-state index in [1.54, 1.807) is 4.68 Å². The first-order valence-electron chi connectivity index (χ1n) is 6.64. The first kappa shape index (κ1) is 15.0. The van der Waals surface area contributed by atoms with Crippen molar-refractivity contribution in [3.8, 4) is 5.88 Å². The van der Waals surface area contributed by atoms with E-state index in [0.29, 0.717) is 13.2 Å². The number of nitrogens with zero attached hydrogens (tertiary/aromatic N) is 2. The largest absolute Gasteiger partial charge is 0.475 e. The van der Waals surface area contributed by atoms with Crippen LogP contribution in [0.4, 0.5) is 0 Å². The molecule has 0 aromatic carbocycles. The molecule has 1 aromatic heterocycles. The first-order chi connectivity index (χ1) is 8.70. The van der Waals surface area contributed by atoms with Gasteiger partial charge in [0.1, 0.15) is 6.61 Å². The number of aryl methyl sites for hydroxylation is 2. The van der Waals surface area contributed by atoms with Gasteiger partial charge in [0, 0.05) is 20.2 Å². The summed E-state index contributed by atoms with van der Waals surface area (Å²) in [4.78, 5) is 0. The van der Waals surface area contributed by atoms with Crippen LogP contribution >= 0.6 is 0 Å². The van der Waals surface area contributed by atoms with Crippen LogP contribution in [0.2, 0.25) is 0 Å². The highest BCUT2D eigenvalue weighted by Crippen LogP contribution is 2.21. The van der Waals surface area contributed by atoms with Crippen molar-refractivity contribution in [2.75, 3.05) is 26.4 Å². The predicted octanol–water partition coefficient (Wildman–Crippen LogP) is 1.64. The molecule has 0 radical (unpaired) electrons. The number of aromatic nitrogens is 2. The van der Waals surface area contributed by atoms with Crippen LogP contribution in [-0.2, 0) is 18.3 Å². The number of rotatable bonds is 9. The fourth-order valence-corrected chi connectivity index (χ4v) is 1.80. The van der Waals surface area contributed by atoms with Crippen LogP contribution in [-0.4, -0.2) is 36.1 Å². The van der Waals surface area contributed by atoms with E-state index in [-0.39, 0.29) is 0 Å². The van der Waals surface area contributed by atoms with Crippen molar-refractivity contribution in [2.24, 2.45) is 7.05 Å². The smallest absolute Gasteiger partial charge is 0.216 e. The molecule has 0 amide bonds. The summed E-state index contributed by atoms with van der Waals surface area (Å²) in [6.45, 7) is 9.86. The van der Waals surface area contributed by atoms with E-state index in [0.717, 1.165) is 43.3 Å². The lowest BCUT2D eigenvalue weighted by molar-refractivity contribution is 0.106. The summed E-state index contributed by atoms with van der Waals surface area (Å²) >= 11 is 0. The van der Waals surface area contributed by atoms with Gasteiger partial charge in [-0.1, -0.05) is 6.92 Å². The summed E-state index contributed by atoms with van der Waals surface area (Å²) in [6.07, 6.45) is 1.12. The van der Waals surface area contributed by atoms with Crippen LogP contribution < -0.4 is 10.1 Å². The quantitative estimate of drug-likeness (QED) is 0.682. The van der Waals surface area contributed by atoms with Crippen LogP contribution in [0, 0.1) is 6.92 Å². The topological polar surface area (TPSA) is 48.3 Å². The highest BCUT2D eigenvalue weighted by atomic mass is 16.5. The fourth-order valence-electron chi connectivity index (χ4n) is 1.80. The normalized spacial score (nSPS) is 10.9. The van der Waals surface area contributed by atoms with Gasteiger partial charge in [0.05, 0.1) is 17.9 Å². The molecule has 0 spiro atoms. The molecule has 1 N–H and O–H groups in total. The van der Waals surface area contributed by atoms with Crippen LogP contribution in [0.25, 0.3) is 0 Å². The summed E-state index contributed by atoms with van der Waals surface area (Å²) in [6, 6.07) is 0. The second-order valence-corrected chi connectivity index (χ2v) is 4.21. The maximum atomic E-state index is 5.76. The fraction of sp³-hybridized carbons (Fsp3) is 0.769. The van der Waals surface area contributed by atoms with Crippen LogP contribution in [0.5, 0.6) is 5.88 Å². The minimum absolute atomic E-state index is 0.563. The molecule has 0 aliphatic heterocycles.